The van der Waals surface area contributed by atoms with Gasteiger partial charge < -0.3 is 10.4 Å². The first-order chi connectivity index (χ1) is 7.26. The summed E-state index contributed by atoms with van der Waals surface area (Å²) < 4.78 is 0. The molecule has 1 aromatic rings. The van der Waals surface area contributed by atoms with Crippen LogP contribution in [0.5, 0.6) is 0 Å². The predicted octanol–water partition coefficient (Wildman–Crippen LogP) is 1.96. The highest BCUT2D eigenvalue weighted by molar-refractivity contribution is 7.09. The fourth-order valence-electron chi connectivity index (χ4n) is 1.83. The van der Waals surface area contributed by atoms with Gasteiger partial charge in [0.25, 0.3) is 0 Å². The minimum absolute atomic E-state index is 0.313. The molecule has 84 valence electrons. The second-order valence-electron chi connectivity index (χ2n) is 4.45. The Balaban J connectivity index is 1.78. The predicted molar refractivity (Wildman–Crippen MR) is 61.9 cm³/mol. The molecule has 0 saturated heterocycles. The number of thiazole rings is 1. The molecule has 0 spiro atoms. The minimum atomic E-state index is 0.313. The van der Waals surface area contributed by atoms with Gasteiger partial charge in [-0.2, -0.15) is 0 Å². The van der Waals surface area contributed by atoms with Crippen LogP contribution in [0.1, 0.15) is 37.2 Å². The molecule has 1 fully saturated rings. The Morgan fingerprint density at radius 3 is 3.00 bits per heavy atom. The molecule has 1 atom stereocenters. The van der Waals surface area contributed by atoms with Crippen molar-refractivity contribution in [3.63, 3.8) is 0 Å². The molecule has 2 rings (SSSR count). The van der Waals surface area contributed by atoms with Crippen LogP contribution in [0, 0.1) is 5.41 Å². The highest BCUT2D eigenvalue weighted by Crippen LogP contribution is 2.48. The number of aliphatic hydroxyl groups excluding tert-OH is 1. The van der Waals surface area contributed by atoms with E-state index in [9.17, 15) is 0 Å². The highest BCUT2D eigenvalue weighted by Gasteiger charge is 2.41. The van der Waals surface area contributed by atoms with Crippen LogP contribution in [-0.4, -0.2) is 23.2 Å². The van der Waals surface area contributed by atoms with E-state index in [1.165, 1.54) is 12.8 Å². The van der Waals surface area contributed by atoms with Crippen molar-refractivity contribution in [2.75, 3.05) is 13.2 Å². The number of nitrogens with zero attached hydrogens (tertiary/aromatic N) is 1. The number of aliphatic hydroxyl groups is 1. The Morgan fingerprint density at radius 2 is 2.47 bits per heavy atom. The summed E-state index contributed by atoms with van der Waals surface area (Å²) in [7, 11) is 0. The lowest BCUT2D eigenvalue weighted by Crippen LogP contribution is -2.27. The van der Waals surface area contributed by atoms with E-state index >= 15 is 0 Å². The van der Waals surface area contributed by atoms with E-state index in [2.05, 4.69) is 17.2 Å². The van der Waals surface area contributed by atoms with Crippen LogP contribution < -0.4 is 5.32 Å². The van der Waals surface area contributed by atoms with Crippen LogP contribution in [-0.2, 0) is 0 Å². The third kappa shape index (κ3) is 2.77. The zero-order chi connectivity index (χ0) is 10.7. The summed E-state index contributed by atoms with van der Waals surface area (Å²) in [4.78, 5) is 4.29. The molecule has 0 aromatic carbocycles. The minimum Gasteiger partial charge on any atom is -0.396 e. The Bertz CT molecular complexity index is 296. The lowest BCUT2D eigenvalue weighted by atomic mass is 10.0. The SMILES string of the molecule is CC(NCC1(CCO)CC1)c1nccs1. The summed E-state index contributed by atoms with van der Waals surface area (Å²) in [5.74, 6) is 0. The molecule has 15 heavy (non-hydrogen) atoms. The molecule has 2 N–H and O–H groups in total. The lowest BCUT2D eigenvalue weighted by molar-refractivity contribution is 0.243. The van der Waals surface area contributed by atoms with Crippen LogP contribution in [0.25, 0.3) is 0 Å². The fourth-order valence-corrected chi connectivity index (χ4v) is 2.50. The van der Waals surface area contributed by atoms with Gasteiger partial charge in [-0.1, -0.05) is 0 Å². The quantitative estimate of drug-likeness (QED) is 0.779. The molecule has 0 bridgehead atoms. The summed E-state index contributed by atoms with van der Waals surface area (Å²) in [6.45, 7) is 3.47. The highest BCUT2D eigenvalue weighted by atomic mass is 32.1. The molecule has 1 unspecified atom stereocenters. The van der Waals surface area contributed by atoms with Crippen LogP contribution in [0.2, 0.25) is 0 Å². The van der Waals surface area contributed by atoms with Crippen molar-refractivity contribution in [2.45, 2.75) is 32.2 Å². The van der Waals surface area contributed by atoms with Gasteiger partial charge in [-0.3, -0.25) is 0 Å². The number of aromatic nitrogens is 1. The first kappa shape index (κ1) is 11.0. The molecule has 1 saturated carbocycles. The molecule has 0 aliphatic heterocycles. The largest absolute Gasteiger partial charge is 0.396 e. The molecule has 1 aromatic heterocycles. The van der Waals surface area contributed by atoms with E-state index in [1.807, 2.05) is 11.6 Å². The zero-order valence-corrected chi connectivity index (χ0v) is 9.89. The summed E-state index contributed by atoms with van der Waals surface area (Å²) in [6, 6.07) is 0.334. The smallest absolute Gasteiger partial charge is 0.109 e. The second kappa shape index (κ2) is 4.60. The van der Waals surface area contributed by atoms with E-state index in [-0.39, 0.29) is 0 Å². The average molecular weight is 226 g/mol. The van der Waals surface area contributed by atoms with Crippen LogP contribution in [0.3, 0.4) is 0 Å². The van der Waals surface area contributed by atoms with E-state index in [0.717, 1.165) is 18.0 Å². The topological polar surface area (TPSA) is 45.1 Å². The summed E-state index contributed by atoms with van der Waals surface area (Å²) >= 11 is 1.69. The van der Waals surface area contributed by atoms with E-state index in [4.69, 9.17) is 5.11 Å². The molecule has 4 heteroatoms. The van der Waals surface area contributed by atoms with Gasteiger partial charge in [-0.05, 0) is 31.6 Å². The molecule has 1 aliphatic rings. The summed E-state index contributed by atoms with van der Waals surface area (Å²) in [5.41, 5.74) is 0.389. The first-order valence-electron chi connectivity index (χ1n) is 5.49. The maximum absolute atomic E-state index is 8.95. The lowest BCUT2D eigenvalue weighted by Gasteiger charge is -2.17. The summed E-state index contributed by atoms with van der Waals surface area (Å²) in [5, 5.41) is 15.6. The third-order valence-electron chi connectivity index (χ3n) is 3.20. The van der Waals surface area contributed by atoms with E-state index in [0.29, 0.717) is 18.1 Å². The average Bonchev–Trinajstić information content (AvgIpc) is 2.81. The van der Waals surface area contributed by atoms with Gasteiger partial charge in [0.15, 0.2) is 0 Å². The van der Waals surface area contributed by atoms with Gasteiger partial charge >= 0.3 is 0 Å². The standard InChI is InChI=1S/C11H18N2OS/c1-9(10-12-5-7-15-10)13-8-11(2-3-11)4-6-14/h5,7,9,13-14H,2-4,6,8H2,1H3. The van der Waals surface area contributed by atoms with Crippen molar-refractivity contribution in [1.29, 1.82) is 0 Å². The molecular weight excluding hydrogens is 208 g/mol. The Kier molecular flexibility index (Phi) is 3.38. The van der Waals surface area contributed by atoms with Crippen molar-refractivity contribution in [3.8, 4) is 0 Å². The van der Waals surface area contributed by atoms with E-state index < -0.39 is 0 Å². The van der Waals surface area contributed by atoms with Gasteiger partial charge in [0.1, 0.15) is 5.01 Å². The normalized spacial score (nSPS) is 20.1. The molecule has 0 amide bonds. The molecular formula is C11H18N2OS. The van der Waals surface area contributed by atoms with Crippen molar-refractivity contribution in [1.82, 2.24) is 10.3 Å². The number of nitrogens with one attached hydrogen (secondary N) is 1. The fraction of sp³-hybridized carbons (Fsp3) is 0.727. The van der Waals surface area contributed by atoms with Gasteiger partial charge in [0, 0.05) is 24.7 Å². The van der Waals surface area contributed by atoms with Gasteiger partial charge in [0.05, 0.1) is 6.04 Å². The molecule has 0 radical (unpaired) electrons. The van der Waals surface area contributed by atoms with Crippen molar-refractivity contribution in [2.24, 2.45) is 5.41 Å². The monoisotopic (exact) mass is 226 g/mol. The van der Waals surface area contributed by atoms with Crippen molar-refractivity contribution in [3.05, 3.63) is 16.6 Å². The van der Waals surface area contributed by atoms with E-state index in [1.54, 1.807) is 11.3 Å². The Morgan fingerprint density at radius 1 is 1.67 bits per heavy atom. The maximum Gasteiger partial charge on any atom is 0.109 e. The molecule has 3 nitrogen and oxygen atoms in total. The number of rotatable bonds is 6. The van der Waals surface area contributed by atoms with Gasteiger partial charge in [-0.25, -0.2) is 4.98 Å². The Hall–Kier alpha value is -0.450. The molecule has 1 heterocycles. The van der Waals surface area contributed by atoms with Gasteiger partial charge in [-0.15, -0.1) is 11.3 Å². The number of hydrogen-bond acceptors (Lipinski definition) is 4. The zero-order valence-electron chi connectivity index (χ0n) is 9.07. The second-order valence-corrected chi connectivity index (χ2v) is 5.37. The maximum atomic E-state index is 8.95. The van der Waals surface area contributed by atoms with Crippen LogP contribution in [0.15, 0.2) is 11.6 Å². The van der Waals surface area contributed by atoms with Crippen LogP contribution >= 0.6 is 11.3 Å². The summed E-state index contributed by atoms with van der Waals surface area (Å²) in [6.07, 6.45) is 5.29. The number of hydrogen-bond donors (Lipinski definition) is 2. The third-order valence-corrected chi connectivity index (χ3v) is 4.16. The Labute approximate surface area is 94.5 Å². The molecule has 1 aliphatic carbocycles. The van der Waals surface area contributed by atoms with Crippen molar-refractivity contribution < 1.29 is 5.11 Å². The van der Waals surface area contributed by atoms with Crippen molar-refractivity contribution >= 4 is 11.3 Å². The first-order valence-corrected chi connectivity index (χ1v) is 6.37. The van der Waals surface area contributed by atoms with Gasteiger partial charge in [0.2, 0.25) is 0 Å². The van der Waals surface area contributed by atoms with Crippen LogP contribution in [0.4, 0.5) is 0 Å².